The smallest absolute Gasteiger partial charge is 0.340 e. The second-order valence-corrected chi connectivity index (χ2v) is 6.73. The number of pyridine rings is 1. The van der Waals surface area contributed by atoms with E-state index in [4.69, 9.17) is 16.3 Å². The summed E-state index contributed by atoms with van der Waals surface area (Å²) in [6.45, 7) is 5.37. The molecule has 7 heteroatoms. The number of esters is 1. The molecule has 1 N–H and O–H groups in total. The van der Waals surface area contributed by atoms with Gasteiger partial charge >= 0.3 is 5.97 Å². The maximum atomic E-state index is 12.5. The van der Waals surface area contributed by atoms with Crippen molar-refractivity contribution in [1.29, 1.82) is 0 Å². The number of hydrogen-bond donors (Lipinski definition) is 1. The van der Waals surface area contributed by atoms with E-state index >= 15 is 0 Å². The molecule has 1 amide bonds. The van der Waals surface area contributed by atoms with Crippen molar-refractivity contribution in [2.75, 3.05) is 11.9 Å². The maximum Gasteiger partial charge on any atom is 0.340 e. The van der Waals surface area contributed by atoms with Crippen molar-refractivity contribution in [3.8, 4) is 5.69 Å². The van der Waals surface area contributed by atoms with Crippen molar-refractivity contribution in [2.45, 2.75) is 20.8 Å². The number of aryl methyl sites for hydroxylation is 2. The molecule has 2 heterocycles. The zero-order valence-electron chi connectivity index (χ0n) is 15.8. The number of halogens is 1. The third kappa shape index (κ3) is 4.07. The molecule has 0 saturated heterocycles. The molecular weight excluding hydrogens is 378 g/mol. The van der Waals surface area contributed by atoms with Crippen LogP contribution in [0, 0.1) is 20.8 Å². The Morgan fingerprint density at radius 3 is 2.61 bits per heavy atom. The maximum absolute atomic E-state index is 12.5. The van der Waals surface area contributed by atoms with Crippen LogP contribution in [0.15, 0.2) is 48.7 Å². The van der Waals surface area contributed by atoms with Gasteiger partial charge in [0.25, 0.3) is 5.91 Å². The number of nitrogens with zero attached hydrogens (tertiary/aromatic N) is 2. The molecule has 3 aromatic rings. The van der Waals surface area contributed by atoms with Crippen LogP contribution >= 0.6 is 11.6 Å². The lowest BCUT2D eigenvalue weighted by Gasteiger charge is -2.12. The number of carbonyl (C=O) groups is 2. The fraction of sp³-hybridized carbons (Fsp3) is 0.190. The highest BCUT2D eigenvalue weighted by atomic mass is 35.5. The van der Waals surface area contributed by atoms with Crippen LogP contribution in [0.4, 0.5) is 5.69 Å². The van der Waals surface area contributed by atoms with Crippen molar-refractivity contribution >= 4 is 29.2 Å². The van der Waals surface area contributed by atoms with Crippen LogP contribution in [-0.4, -0.2) is 28.0 Å². The number of rotatable bonds is 5. The van der Waals surface area contributed by atoms with E-state index in [1.807, 2.05) is 49.6 Å². The number of benzene rings is 1. The Labute approximate surface area is 168 Å². The lowest BCUT2D eigenvalue weighted by atomic mass is 10.2. The molecule has 0 bridgehead atoms. The first-order valence-electron chi connectivity index (χ1n) is 8.71. The standard InChI is InChI=1S/C21H20ClN3O3/c1-13-7-4-5-9-18(13)25-14(2)11-16(15(25)3)21(27)28-12-19(26)24-17-8-6-10-23-20(17)22/h4-11H,12H2,1-3H3,(H,24,26). The van der Waals surface area contributed by atoms with Crippen LogP contribution in [0.3, 0.4) is 0 Å². The monoisotopic (exact) mass is 397 g/mol. The Bertz CT molecular complexity index is 1040. The number of ether oxygens (including phenoxy) is 1. The predicted octanol–water partition coefficient (Wildman–Crippen LogP) is 4.25. The molecule has 0 aliphatic rings. The van der Waals surface area contributed by atoms with Crippen molar-refractivity contribution in [1.82, 2.24) is 9.55 Å². The molecule has 2 aromatic heterocycles. The van der Waals surface area contributed by atoms with E-state index in [1.165, 1.54) is 6.20 Å². The van der Waals surface area contributed by atoms with E-state index in [1.54, 1.807) is 18.2 Å². The van der Waals surface area contributed by atoms with E-state index < -0.39 is 18.5 Å². The number of hydrogen-bond acceptors (Lipinski definition) is 4. The second-order valence-electron chi connectivity index (χ2n) is 6.37. The first kappa shape index (κ1) is 19.6. The third-order valence-corrected chi connectivity index (χ3v) is 4.68. The van der Waals surface area contributed by atoms with E-state index in [9.17, 15) is 9.59 Å². The van der Waals surface area contributed by atoms with E-state index in [0.29, 0.717) is 11.3 Å². The molecule has 0 aliphatic heterocycles. The van der Waals surface area contributed by atoms with Gasteiger partial charge in [-0.3, -0.25) is 4.79 Å². The summed E-state index contributed by atoms with van der Waals surface area (Å²) >= 11 is 5.90. The van der Waals surface area contributed by atoms with Gasteiger partial charge in [-0.05, 0) is 50.6 Å². The number of nitrogens with one attached hydrogen (secondary N) is 1. The first-order chi connectivity index (χ1) is 13.4. The molecular formula is C21H20ClN3O3. The molecule has 28 heavy (non-hydrogen) atoms. The van der Waals surface area contributed by atoms with Gasteiger partial charge in [0.15, 0.2) is 11.8 Å². The summed E-state index contributed by atoms with van der Waals surface area (Å²) < 4.78 is 7.19. The van der Waals surface area contributed by atoms with Gasteiger partial charge in [0.1, 0.15) is 0 Å². The van der Waals surface area contributed by atoms with E-state index in [-0.39, 0.29) is 5.15 Å². The van der Waals surface area contributed by atoms with Gasteiger partial charge in [-0.2, -0.15) is 0 Å². The number of anilines is 1. The van der Waals surface area contributed by atoms with E-state index in [0.717, 1.165) is 22.6 Å². The van der Waals surface area contributed by atoms with Gasteiger partial charge in [-0.1, -0.05) is 29.8 Å². The van der Waals surface area contributed by atoms with Gasteiger partial charge in [-0.25, -0.2) is 9.78 Å². The minimum Gasteiger partial charge on any atom is -0.452 e. The summed E-state index contributed by atoms with van der Waals surface area (Å²) in [4.78, 5) is 28.4. The largest absolute Gasteiger partial charge is 0.452 e. The molecule has 0 fully saturated rings. The molecule has 0 saturated carbocycles. The number of aromatic nitrogens is 2. The highest BCUT2D eigenvalue weighted by Gasteiger charge is 2.19. The fourth-order valence-electron chi connectivity index (χ4n) is 3.03. The van der Waals surface area contributed by atoms with Crippen LogP contribution in [0.2, 0.25) is 5.15 Å². The zero-order valence-corrected chi connectivity index (χ0v) is 16.6. The summed E-state index contributed by atoms with van der Waals surface area (Å²) in [6, 6.07) is 13.0. The highest BCUT2D eigenvalue weighted by Crippen LogP contribution is 2.24. The molecule has 0 unspecified atom stereocenters. The Morgan fingerprint density at radius 1 is 1.14 bits per heavy atom. The van der Waals surface area contributed by atoms with Crippen LogP contribution in [0.5, 0.6) is 0 Å². The summed E-state index contributed by atoms with van der Waals surface area (Å²) in [5.74, 6) is -1.05. The van der Waals surface area contributed by atoms with Crippen molar-refractivity contribution in [3.63, 3.8) is 0 Å². The lowest BCUT2D eigenvalue weighted by molar-refractivity contribution is -0.119. The Hall–Kier alpha value is -3.12. The Kier molecular flexibility index (Phi) is 5.80. The first-order valence-corrected chi connectivity index (χ1v) is 9.08. The predicted molar refractivity (Wildman–Crippen MR) is 108 cm³/mol. The molecule has 144 valence electrons. The normalized spacial score (nSPS) is 10.6. The summed E-state index contributed by atoms with van der Waals surface area (Å²) in [5.41, 5.74) is 4.55. The molecule has 0 spiro atoms. The Balaban J connectivity index is 1.72. The second kappa shape index (κ2) is 8.27. The number of para-hydroxylation sites is 1. The topological polar surface area (TPSA) is 73.2 Å². The summed E-state index contributed by atoms with van der Waals surface area (Å²) in [6.07, 6.45) is 1.52. The average molecular weight is 398 g/mol. The molecule has 1 aromatic carbocycles. The van der Waals surface area contributed by atoms with Crippen molar-refractivity contribution in [2.24, 2.45) is 0 Å². The third-order valence-electron chi connectivity index (χ3n) is 4.37. The van der Waals surface area contributed by atoms with Crippen molar-refractivity contribution < 1.29 is 14.3 Å². The minimum absolute atomic E-state index is 0.170. The average Bonchev–Trinajstić information content (AvgIpc) is 2.96. The molecule has 0 aliphatic carbocycles. The minimum atomic E-state index is -0.555. The SMILES string of the molecule is Cc1ccccc1-n1c(C)cc(C(=O)OCC(=O)Nc2cccnc2Cl)c1C. The van der Waals surface area contributed by atoms with E-state index in [2.05, 4.69) is 10.3 Å². The quantitative estimate of drug-likeness (QED) is 0.516. The molecule has 6 nitrogen and oxygen atoms in total. The summed E-state index contributed by atoms with van der Waals surface area (Å²) in [5, 5.41) is 2.74. The highest BCUT2D eigenvalue weighted by molar-refractivity contribution is 6.32. The molecule has 3 rings (SSSR count). The Morgan fingerprint density at radius 2 is 1.89 bits per heavy atom. The summed E-state index contributed by atoms with van der Waals surface area (Å²) in [7, 11) is 0. The van der Waals surface area contributed by atoms with Crippen LogP contribution in [-0.2, 0) is 9.53 Å². The van der Waals surface area contributed by atoms with Crippen LogP contribution in [0.25, 0.3) is 5.69 Å². The van der Waals surface area contributed by atoms with Gasteiger partial charge in [0, 0.05) is 23.3 Å². The van der Waals surface area contributed by atoms with Gasteiger partial charge < -0.3 is 14.6 Å². The zero-order chi connectivity index (χ0) is 20.3. The van der Waals surface area contributed by atoms with Crippen LogP contribution in [0.1, 0.15) is 27.3 Å². The van der Waals surface area contributed by atoms with Crippen molar-refractivity contribution in [3.05, 3.63) is 76.3 Å². The number of amides is 1. The van der Waals surface area contributed by atoms with Gasteiger partial charge in [-0.15, -0.1) is 0 Å². The van der Waals surface area contributed by atoms with Gasteiger partial charge in [0.2, 0.25) is 0 Å². The fourth-order valence-corrected chi connectivity index (χ4v) is 3.20. The molecule has 0 radical (unpaired) electrons. The number of carbonyl (C=O) groups excluding carboxylic acids is 2. The van der Waals surface area contributed by atoms with Crippen LogP contribution < -0.4 is 5.32 Å². The van der Waals surface area contributed by atoms with Gasteiger partial charge in [0.05, 0.1) is 11.3 Å². The molecule has 0 atom stereocenters. The lowest BCUT2D eigenvalue weighted by Crippen LogP contribution is -2.21.